The number of nitrogens with zero attached hydrogens (tertiary/aromatic N) is 4. The number of hydrogen-bond acceptors (Lipinski definition) is 3. The van der Waals surface area contributed by atoms with Crippen molar-refractivity contribution in [3.63, 3.8) is 0 Å². The SMILES string of the molecule is CC(Cl)c1nnnn1CCc1ccccc1F. The Morgan fingerprint density at radius 1 is 1.41 bits per heavy atom. The first kappa shape index (κ1) is 12.0. The molecular formula is C11H12ClFN4. The summed E-state index contributed by atoms with van der Waals surface area (Å²) in [7, 11) is 0. The number of tetrazole rings is 1. The smallest absolute Gasteiger partial charge is 0.168 e. The molecule has 0 fully saturated rings. The summed E-state index contributed by atoms with van der Waals surface area (Å²) in [5, 5.41) is 11.0. The molecule has 4 nitrogen and oxygen atoms in total. The molecule has 0 aliphatic carbocycles. The lowest BCUT2D eigenvalue weighted by Gasteiger charge is -2.06. The second-order valence-electron chi connectivity index (χ2n) is 3.72. The highest BCUT2D eigenvalue weighted by Crippen LogP contribution is 2.16. The number of aryl methyl sites for hydroxylation is 2. The molecule has 0 saturated heterocycles. The molecule has 0 amide bonds. The van der Waals surface area contributed by atoms with E-state index in [1.807, 2.05) is 6.07 Å². The van der Waals surface area contributed by atoms with Gasteiger partial charge in [-0.05, 0) is 35.4 Å². The zero-order chi connectivity index (χ0) is 12.3. The second-order valence-corrected chi connectivity index (χ2v) is 4.37. The molecule has 0 radical (unpaired) electrons. The van der Waals surface area contributed by atoms with Gasteiger partial charge in [-0.15, -0.1) is 16.7 Å². The predicted octanol–water partition coefficient (Wildman–Crippen LogP) is 2.35. The fourth-order valence-corrected chi connectivity index (χ4v) is 1.74. The van der Waals surface area contributed by atoms with Crippen molar-refractivity contribution in [1.29, 1.82) is 0 Å². The number of benzene rings is 1. The van der Waals surface area contributed by atoms with Crippen molar-refractivity contribution in [2.24, 2.45) is 0 Å². The molecule has 1 aromatic carbocycles. The van der Waals surface area contributed by atoms with Gasteiger partial charge in [0, 0.05) is 6.54 Å². The quantitative estimate of drug-likeness (QED) is 0.787. The number of halogens is 2. The van der Waals surface area contributed by atoms with Crippen LogP contribution < -0.4 is 0 Å². The molecule has 6 heteroatoms. The molecule has 17 heavy (non-hydrogen) atoms. The normalized spacial score (nSPS) is 12.6. The number of aromatic nitrogens is 4. The van der Waals surface area contributed by atoms with Crippen LogP contribution >= 0.6 is 11.6 Å². The number of rotatable bonds is 4. The zero-order valence-electron chi connectivity index (χ0n) is 9.35. The third-order valence-electron chi connectivity index (χ3n) is 2.47. The summed E-state index contributed by atoms with van der Waals surface area (Å²) in [5.41, 5.74) is 0.649. The topological polar surface area (TPSA) is 43.6 Å². The molecule has 0 saturated carbocycles. The zero-order valence-corrected chi connectivity index (χ0v) is 10.1. The van der Waals surface area contributed by atoms with Gasteiger partial charge in [0.15, 0.2) is 5.82 Å². The Morgan fingerprint density at radius 2 is 2.18 bits per heavy atom. The van der Waals surface area contributed by atoms with Crippen molar-refractivity contribution in [2.75, 3.05) is 0 Å². The van der Waals surface area contributed by atoms with Crippen LogP contribution in [0, 0.1) is 5.82 Å². The first-order chi connectivity index (χ1) is 8.18. The molecular weight excluding hydrogens is 243 g/mol. The molecule has 0 spiro atoms. The highest BCUT2D eigenvalue weighted by molar-refractivity contribution is 6.20. The monoisotopic (exact) mass is 254 g/mol. The third-order valence-corrected chi connectivity index (χ3v) is 2.66. The molecule has 0 bridgehead atoms. The average Bonchev–Trinajstić information content (AvgIpc) is 2.76. The van der Waals surface area contributed by atoms with Gasteiger partial charge in [-0.2, -0.15) is 0 Å². The summed E-state index contributed by atoms with van der Waals surface area (Å²) in [6.45, 7) is 2.31. The van der Waals surface area contributed by atoms with Gasteiger partial charge < -0.3 is 0 Å². The van der Waals surface area contributed by atoms with Gasteiger partial charge in [-0.25, -0.2) is 9.07 Å². The van der Waals surface area contributed by atoms with Crippen molar-refractivity contribution >= 4 is 11.6 Å². The molecule has 1 unspecified atom stereocenters. The summed E-state index contributed by atoms with van der Waals surface area (Å²) in [4.78, 5) is 0. The van der Waals surface area contributed by atoms with E-state index in [1.54, 1.807) is 23.7 Å². The van der Waals surface area contributed by atoms with Gasteiger partial charge in [0.25, 0.3) is 0 Å². The minimum atomic E-state index is -0.259. The van der Waals surface area contributed by atoms with Crippen molar-refractivity contribution < 1.29 is 4.39 Å². The Bertz CT molecular complexity index is 498. The van der Waals surface area contributed by atoms with E-state index < -0.39 is 0 Å². The van der Waals surface area contributed by atoms with Gasteiger partial charge in [-0.1, -0.05) is 18.2 Å². The van der Waals surface area contributed by atoms with Gasteiger partial charge in [0.2, 0.25) is 0 Å². The summed E-state index contributed by atoms with van der Waals surface area (Å²) in [5.74, 6) is 0.393. The molecule has 2 aromatic rings. The summed E-state index contributed by atoms with van der Waals surface area (Å²) in [6.07, 6.45) is 0.536. The molecule has 0 aliphatic heterocycles. The van der Waals surface area contributed by atoms with Crippen LogP contribution in [0.15, 0.2) is 24.3 Å². The fraction of sp³-hybridized carbons (Fsp3) is 0.364. The van der Waals surface area contributed by atoms with Crippen molar-refractivity contribution in [3.05, 3.63) is 41.5 Å². The lowest BCUT2D eigenvalue weighted by molar-refractivity contribution is 0.544. The number of alkyl halides is 1. The Hall–Kier alpha value is -1.49. The van der Waals surface area contributed by atoms with Crippen molar-refractivity contribution in [3.8, 4) is 0 Å². The van der Waals surface area contributed by atoms with Crippen LogP contribution in [0.2, 0.25) is 0 Å². The lowest BCUT2D eigenvalue weighted by atomic mass is 10.1. The summed E-state index contributed by atoms with van der Waals surface area (Å²) >= 11 is 5.93. The molecule has 1 aromatic heterocycles. The van der Waals surface area contributed by atoms with E-state index in [2.05, 4.69) is 15.5 Å². The van der Waals surface area contributed by atoms with E-state index >= 15 is 0 Å². The minimum absolute atomic E-state index is 0.207. The maximum Gasteiger partial charge on any atom is 0.168 e. The van der Waals surface area contributed by atoms with E-state index in [9.17, 15) is 4.39 Å². The largest absolute Gasteiger partial charge is 0.228 e. The van der Waals surface area contributed by atoms with Crippen molar-refractivity contribution in [1.82, 2.24) is 20.2 Å². The molecule has 0 aliphatic rings. The van der Waals surface area contributed by atoms with E-state index in [0.29, 0.717) is 24.4 Å². The van der Waals surface area contributed by atoms with Crippen LogP contribution in [0.3, 0.4) is 0 Å². The van der Waals surface area contributed by atoms with Crippen LogP contribution in [0.1, 0.15) is 23.7 Å². The second kappa shape index (κ2) is 5.23. The Labute approximate surface area is 103 Å². The first-order valence-electron chi connectivity index (χ1n) is 5.32. The van der Waals surface area contributed by atoms with E-state index in [4.69, 9.17) is 11.6 Å². The minimum Gasteiger partial charge on any atom is -0.228 e. The van der Waals surface area contributed by atoms with Crippen LogP contribution in [0.5, 0.6) is 0 Å². The fourth-order valence-electron chi connectivity index (χ4n) is 1.58. The Morgan fingerprint density at radius 3 is 2.88 bits per heavy atom. The van der Waals surface area contributed by atoms with E-state index in [-0.39, 0.29) is 11.2 Å². The third kappa shape index (κ3) is 2.79. The van der Waals surface area contributed by atoms with E-state index in [0.717, 1.165) is 0 Å². The van der Waals surface area contributed by atoms with Crippen LogP contribution in [-0.2, 0) is 13.0 Å². The van der Waals surface area contributed by atoms with Gasteiger partial charge in [0.1, 0.15) is 5.82 Å². The Balaban J connectivity index is 2.08. The van der Waals surface area contributed by atoms with Gasteiger partial charge in [0.05, 0.1) is 5.38 Å². The van der Waals surface area contributed by atoms with Gasteiger partial charge in [-0.3, -0.25) is 0 Å². The number of hydrogen-bond donors (Lipinski definition) is 0. The maximum atomic E-state index is 13.4. The summed E-state index contributed by atoms with van der Waals surface area (Å²) in [6, 6.07) is 6.68. The molecule has 1 atom stereocenters. The molecule has 90 valence electrons. The summed E-state index contributed by atoms with van der Waals surface area (Å²) < 4.78 is 15.0. The maximum absolute atomic E-state index is 13.4. The van der Waals surface area contributed by atoms with Crippen molar-refractivity contribution in [2.45, 2.75) is 25.3 Å². The molecule has 2 rings (SSSR count). The Kier molecular flexibility index (Phi) is 3.68. The predicted molar refractivity (Wildman–Crippen MR) is 62.2 cm³/mol. The standard InChI is InChI=1S/C11H12ClFN4/c1-8(12)11-14-15-16-17(11)7-6-9-4-2-3-5-10(9)13/h2-5,8H,6-7H2,1H3. The average molecular weight is 255 g/mol. The molecule has 1 heterocycles. The molecule has 0 N–H and O–H groups in total. The highest BCUT2D eigenvalue weighted by Gasteiger charge is 2.12. The van der Waals surface area contributed by atoms with Crippen LogP contribution in [-0.4, -0.2) is 20.2 Å². The van der Waals surface area contributed by atoms with Gasteiger partial charge >= 0.3 is 0 Å². The highest BCUT2D eigenvalue weighted by atomic mass is 35.5. The van der Waals surface area contributed by atoms with E-state index in [1.165, 1.54) is 6.07 Å². The van der Waals surface area contributed by atoms with Crippen LogP contribution in [0.4, 0.5) is 4.39 Å². The lowest BCUT2D eigenvalue weighted by Crippen LogP contribution is -2.09. The van der Waals surface area contributed by atoms with Crippen LogP contribution in [0.25, 0.3) is 0 Å². The first-order valence-corrected chi connectivity index (χ1v) is 5.75.